The molecule has 172 valence electrons. The van der Waals surface area contributed by atoms with Gasteiger partial charge in [0, 0.05) is 18.4 Å². The minimum absolute atomic E-state index is 0.131. The van der Waals surface area contributed by atoms with Crippen LogP contribution < -0.4 is 0 Å². The molecule has 30 heavy (non-hydrogen) atoms. The van der Waals surface area contributed by atoms with Gasteiger partial charge in [-0.2, -0.15) is 0 Å². The summed E-state index contributed by atoms with van der Waals surface area (Å²) >= 11 is 0. The van der Waals surface area contributed by atoms with E-state index < -0.39 is 20.5 Å². The number of rotatable bonds is 15. The summed E-state index contributed by atoms with van der Waals surface area (Å²) in [6.07, 6.45) is -0.994. The number of benzene rings is 1. The molecule has 0 aliphatic carbocycles. The molecule has 1 rings (SSSR count). The van der Waals surface area contributed by atoms with E-state index in [1.54, 1.807) is 0 Å². The van der Waals surface area contributed by atoms with Crippen LogP contribution in [0, 0.1) is 11.8 Å². The number of ether oxygens (including phenoxy) is 1. The quantitative estimate of drug-likeness (QED) is 0.215. The van der Waals surface area contributed by atoms with Crippen LogP contribution in [-0.4, -0.2) is 43.4 Å². The molecule has 0 amide bonds. The van der Waals surface area contributed by atoms with Crippen LogP contribution in [0.2, 0.25) is 18.1 Å². The third-order valence-corrected chi connectivity index (χ3v) is 11.2. The largest absolute Gasteiger partial charge is 0.410 e. The summed E-state index contributed by atoms with van der Waals surface area (Å²) in [6, 6.07) is 13.2. The van der Waals surface area contributed by atoms with Crippen LogP contribution in [0.25, 0.3) is 0 Å². The zero-order valence-corrected chi connectivity index (χ0v) is 20.9. The first kappa shape index (κ1) is 27.1. The molecule has 0 spiro atoms. The number of hydrogen-bond acceptors (Lipinski definition) is 4. The molecule has 0 aromatic heterocycles. The van der Waals surface area contributed by atoms with Crippen molar-refractivity contribution in [3.05, 3.63) is 48.0 Å². The van der Waals surface area contributed by atoms with Crippen molar-refractivity contribution in [2.75, 3.05) is 6.61 Å². The van der Waals surface area contributed by atoms with Crippen molar-refractivity contribution in [1.82, 2.24) is 0 Å². The molecule has 2 N–H and O–H groups in total. The van der Waals surface area contributed by atoms with E-state index in [1.165, 1.54) is 0 Å². The van der Waals surface area contributed by atoms with Gasteiger partial charge >= 0.3 is 0 Å². The maximum absolute atomic E-state index is 11.0. The van der Waals surface area contributed by atoms with Crippen LogP contribution in [-0.2, 0) is 15.8 Å². The van der Waals surface area contributed by atoms with Crippen molar-refractivity contribution < 1.29 is 19.4 Å². The van der Waals surface area contributed by atoms with Gasteiger partial charge in [0.1, 0.15) is 0 Å². The second-order valence-corrected chi connectivity index (χ2v) is 13.5. The summed E-state index contributed by atoms with van der Waals surface area (Å²) in [5.74, 6) is -0.402. The average Bonchev–Trinajstić information content (AvgIpc) is 2.77. The lowest BCUT2D eigenvalue weighted by atomic mass is 9.83. The van der Waals surface area contributed by atoms with Gasteiger partial charge in [0.15, 0.2) is 8.32 Å². The molecule has 0 aliphatic heterocycles. The Morgan fingerprint density at radius 1 is 1.00 bits per heavy atom. The van der Waals surface area contributed by atoms with Gasteiger partial charge in [0.05, 0.1) is 24.9 Å². The third kappa shape index (κ3) is 7.93. The SMILES string of the molecule is C=C(C)[C@H](O[Si](CC)(CC)CC)[C@@H](C)[C@@H](O)[C@@H](C)[C@@H](O)CCOCc1ccccc1. The molecule has 1 aromatic rings. The van der Waals surface area contributed by atoms with Crippen LogP contribution >= 0.6 is 0 Å². The molecular weight excluding hydrogens is 392 g/mol. The van der Waals surface area contributed by atoms with E-state index in [9.17, 15) is 10.2 Å². The highest BCUT2D eigenvalue weighted by Crippen LogP contribution is 2.31. The summed E-state index contributed by atoms with van der Waals surface area (Å²) in [6.45, 7) is 17.6. The normalized spacial score (nSPS) is 17.2. The first-order valence-corrected chi connectivity index (χ1v) is 14.0. The second kappa shape index (κ2) is 13.4. The van der Waals surface area contributed by atoms with Gasteiger partial charge in [-0.3, -0.25) is 0 Å². The molecule has 0 saturated heterocycles. The Labute approximate surface area is 185 Å². The van der Waals surface area contributed by atoms with Crippen molar-refractivity contribution in [1.29, 1.82) is 0 Å². The molecule has 0 unspecified atom stereocenters. The molecule has 1 aromatic carbocycles. The maximum Gasteiger partial charge on any atom is 0.192 e. The molecular formula is C25H44O4Si. The van der Waals surface area contributed by atoms with Gasteiger partial charge in [0.25, 0.3) is 0 Å². The van der Waals surface area contributed by atoms with E-state index in [0.717, 1.165) is 29.3 Å². The number of aliphatic hydroxyl groups excluding tert-OH is 2. The predicted molar refractivity (Wildman–Crippen MR) is 128 cm³/mol. The summed E-state index contributed by atoms with van der Waals surface area (Å²) in [4.78, 5) is 0. The van der Waals surface area contributed by atoms with Crippen LogP contribution in [0.4, 0.5) is 0 Å². The summed E-state index contributed by atoms with van der Waals surface area (Å²) in [7, 11) is -1.83. The van der Waals surface area contributed by atoms with Crippen LogP contribution in [0.15, 0.2) is 42.5 Å². The lowest BCUT2D eigenvalue weighted by Crippen LogP contribution is -2.47. The maximum atomic E-state index is 11.0. The molecule has 0 heterocycles. The van der Waals surface area contributed by atoms with Gasteiger partial charge in [-0.15, -0.1) is 0 Å². The van der Waals surface area contributed by atoms with Crippen molar-refractivity contribution in [3.63, 3.8) is 0 Å². The zero-order valence-electron chi connectivity index (χ0n) is 19.9. The summed E-state index contributed by atoms with van der Waals surface area (Å²) < 4.78 is 12.4. The highest BCUT2D eigenvalue weighted by molar-refractivity contribution is 6.73. The van der Waals surface area contributed by atoms with E-state index >= 15 is 0 Å². The molecule has 0 bridgehead atoms. The van der Waals surface area contributed by atoms with Crippen molar-refractivity contribution in [3.8, 4) is 0 Å². The van der Waals surface area contributed by atoms with Gasteiger partial charge in [-0.1, -0.05) is 77.1 Å². The van der Waals surface area contributed by atoms with Crippen molar-refractivity contribution in [2.24, 2.45) is 11.8 Å². The Kier molecular flexibility index (Phi) is 12.1. The summed E-state index contributed by atoms with van der Waals surface area (Å²) in [5.41, 5.74) is 2.06. The summed E-state index contributed by atoms with van der Waals surface area (Å²) in [5, 5.41) is 21.7. The molecule has 0 fully saturated rings. The van der Waals surface area contributed by atoms with Gasteiger partial charge in [0.2, 0.25) is 0 Å². The molecule has 0 radical (unpaired) electrons. The number of hydrogen-bond donors (Lipinski definition) is 2. The Morgan fingerprint density at radius 2 is 1.57 bits per heavy atom. The standard InChI is InChI=1S/C25H44O4Si/c1-8-30(9-2,10-3)29-25(19(4)5)21(7)24(27)20(6)23(26)16-17-28-18-22-14-12-11-13-15-22/h11-15,20-21,23-27H,4,8-10,16-18H2,1-3,5-7H3/t20-,21-,23-,24-,25-/m0/s1. The zero-order chi connectivity index (χ0) is 22.7. The monoisotopic (exact) mass is 436 g/mol. The fraction of sp³-hybridized carbons (Fsp3) is 0.680. The molecule has 0 aliphatic rings. The van der Waals surface area contributed by atoms with Gasteiger partial charge < -0.3 is 19.4 Å². The van der Waals surface area contributed by atoms with E-state index in [1.807, 2.05) is 51.1 Å². The van der Waals surface area contributed by atoms with Crippen LogP contribution in [0.5, 0.6) is 0 Å². The Bertz CT molecular complexity index is 594. The molecule has 4 nitrogen and oxygen atoms in total. The highest BCUT2D eigenvalue weighted by Gasteiger charge is 2.38. The fourth-order valence-electron chi connectivity index (χ4n) is 4.04. The Hall–Kier alpha value is -0.983. The predicted octanol–water partition coefficient (Wildman–Crippen LogP) is 5.55. The lowest BCUT2D eigenvalue weighted by molar-refractivity contribution is -0.0423. The molecule has 5 heteroatoms. The minimum atomic E-state index is -1.83. The topological polar surface area (TPSA) is 58.9 Å². The minimum Gasteiger partial charge on any atom is -0.410 e. The second-order valence-electron chi connectivity index (χ2n) is 8.73. The number of aliphatic hydroxyl groups is 2. The van der Waals surface area contributed by atoms with Crippen molar-refractivity contribution in [2.45, 2.75) is 91.0 Å². The van der Waals surface area contributed by atoms with Gasteiger partial charge in [-0.05, 0) is 37.0 Å². The first-order chi connectivity index (χ1) is 14.2. The average molecular weight is 437 g/mol. The van der Waals surface area contributed by atoms with E-state index in [2.05, 4.69) is 27.4 Å². The molecule has 5 atom stereocenters. The van der Waals surface area contributed by atoms with Crippen LogP contribution in [0.1, 0.15) is 53.5 Å². The van der Waals surface area contributed by atoms with E-state index in [0.29, 0.717) is 19.6 Å². The lowest BCUT2D eigenvalue weighted by Gasteiger charge is -2.39. The first-order valence-electron chi connectivity index (χ1n) is 11.5. The van der Waals surface area contributed by atoms with Crippen LogP contribution in [0.3, 0.4) is 0 Å². The smallest absolute Gasteiger partial charge is 0.192 e. The fourth-order valence-corrected chi connectivity index (χ4v) is 7.00. The Morgan fingerprint density at radius 3 is 2.07 bits per heavy atom. The van der Waals surface area contributed by atoms with E-state index in [-0.39, 0.29) is 17.9 Å². The third-order valence-electron chi connectivity index (χ3n) is 6.63. The molecule has 0 saturated carbocycles. The van der Waals surface area contributed by atoms with Gasteiger partial charge in [-0.25, -0.2) is 0 Å². The van der Waals surface area contributed by atoms with E-state index in [4.69, 9.17) is 9.16 Å². The Balaban J connectivity index is 2.63. The highest BCUT2D eigenvalue weighted by atomic mass is 28.4. The van der Waals surface area contributed by atoms with Crippen molar-refractivity contribution >= 4 is 8.32 Å².